The van der Waals surface area contributed by atoms with Crippen LogP contribution in [0.2, 0.25) is 0 Å². The Morgan fingerprint density at radius 1 is 0.667 bits per heavy atom. The summed E-state index contributed by atoms with van der Waals surface area (Å²) in [5.41, 5.74) is 0. The summed E-state index contributed by atoms with van der Waals surface area (Å²) < 4.78 is 36.4. The van der Waals surface area contributed by atoms with Crippen LogP contribution in [0.3, 0.4) is 0 Å². The van der Waals surface area contributed by atoms with Crippen molar-refractivity contribution in [3.63, 3.8) is 0 Å². The molecule has 0 aromatic heterocycles. The second-order valence-corrected chi connectivity index (χ2v) is 7.49. The molecule has 0 unspecified atom stereocenters. The predicted octanol–water partition coefficient (Wildman–Crippen LogP) is -2.35. The van der Waals surface area contributed by atoms with Gasteiger partial charge in [0, 0.05) is 0 Å². The normalized spacial score (nSPS) is 11.9. The quantitative estimate of drug-likeness (QED) is 0.370. The van der Waals surface area contributed by atoms with Gasteiger partial charge in [0.15, 0.2) is 0 Å². The zero-order chi connectivity index (χ0) is 13.5. The second kappa shape index (κ2) is 7.27. The van der Waals surface area contributed by atoms with Crippen LogP contribution in [0.15, 0.2) is 0 Å². The first kappa shape index (κ1) is 20.4. The van der Waals surface area contributed by atoms with Crippen LogP contribution in [0.25, 0.3) is 0 Å². The van der Waals surface area contributed by atoms with Gasteiger partial charge in [-0.3, -0.25) is 0 Å². The molecule has 0 fully saturated rings. The van der Waals surface area contributed by atoms with Gasteiger partial charge >= 0.3 is 29.4 Å². The predicted molar refractivity (Wildman–Crippen MR) is 55.0 cm³/mol. The average molecular weight is 291 g/mol. The van der Waals surface area contributed by atoms with Crippen LogP contribution >= 0.6 is 0 Å². The zero-order valence-corrected chi connectivity index (χ0v) is 12.6. The van der Waals surface area contributed by atoms with Crippen LogP contribution in [0.1, 0.15) is 0 Å². The van der Waals surface area contributed by atoms with Crippen molar-refractivity contribution in [3.8, 4) is 0 Å². The number of nitrogens with zero attached hydrogens (tertiary/aromatic N) is 2. The Labute approximate surface area is 95.2 Å². The van der Waals surface area contributed by atoms with Crippen molar-refractivity contribution < 1.29 is 25.0 Å². The molecule has 0 heterocycles. The molecular weight excluding hydrogens is 267 g/mol. The fourth-order valence-electron chi connectivity index (χ4n) is 0. The molecule has 96 valence electrons. The molecule has 0 atom stereocenters. The number of hydrogen-bond acceptors (Lipinski definition) is 4. The average Bonchev–Trinajstić information content (AvgIpc) is 1.41. The molecule has 0 saturated heterocycles. The van der Waals surface area contributed by atoms with Gasteiger partial charge in [-0.1, -0.05) is 0 Å². The number of hydrogen-bond donors (Lipinski definition) is 0. The first-order chi connectivity index (χ1) is 6.00. The standard InChI is InChI=1S/2C4H12N.H2O4Se/c3*1-5(2,3)4/h2*1-4H3;(H2,1,2,3,4)/q2*+1;/p-2. The van der Waals surface area contributed by atoms with Gasteiger partial charge in [-0.2, -0.15) is 0 Å². The molecule has 0 amide bonds. The third kappa shape index (κ3) is 1220000. The van der Waals surface area contributed by atoms with Crippen molar-refractivity contribution in [3.05, 3.63) is 0 Å². The molecule has 0 aromatic rings. The molecule has 0 spiro atoms. The van der Waals surface area contributed by atoms with E-state index in [4.69, 9.17) is 16.0 Å². The Bertz CT molecular complexity index is 204. The molecule has 0 radical (unpaired) electrons. The van der Waals surface area contributed by atoms with Crippen LogP contribution in [0.4, 0.5) is 0 Å². The molecule has 7 heteroatoms. The van der Waals surface area contributed by atoms with E-state index < -0.39 is 13.4 Å². The summed E-state index contributed by atoms with van der Waals surface area (Å²) in [7, 11) is 17.0. The molecule has 0 bridgehead atoms. The van der Waals surface area contributed by atoms with E-state index in [0.717, 1.165) is 8.97 Å². The van der Waals surface area contributed by atoms with E-state index in [-0.39, 0.29) is 0 Å². The second-order valence-electron chi connectivity index (χ2n) is 5.77. The van der Waals surface area contributed by atoms with Crippen LogP contribution < -0.4 is 8.38 Å². The zero-order valence-electron chi connectivity index (χ0n) is 10.9. The van der Waals surface area contributed by atoms with Crippen molar-refractivity contribution in [2.24, 2.45) is 0 Å². The molecular formula is C8H24N2O4Se. The maximum atomic E-state index is 8.59. The molecule has 6 nitrogen and oxygen atoms in total. The molecule has 0 rings (SSSR count). The Kier molecular flexibility index (Phi) is 9.88. The van der Waals surface area contributed by atoms with Gasteiger partial charge < -0.3 is 8.97 Å². The molecule has 0 aromatic carbocycles. The van der Waals surface area contributed by atoms with Gasteiger partial charge in [0.05, 0.1) is 56.4 Å². The van der Waals surface area contributed by atoms with E-state index >= 15 is 0 Å². The van der Waals surface area contributed by atoms with Gasteiger partial charge in [-0.25, -0.2) is 0 Å². The van der Waals surface area contributed by atoms with Crippen LogP contribution in [-0.2, 0) is 7.67 Å². The summed E-state index contributed by atoms with van der Waals surface area (Å²) in [5, 5.41) is 0. The molecule has 0 saturated carbocycles. The van der Waals surface area contributed by atoms with Crippen molar-refractivity contribution in [2.45, 2.75) is 0 Å². The molecule has 0 aliphatic rings. The van der Waals surface area contributed by atoms with Crippen molar-refractivity contribution >= 4 is 13.4 Å². The fourth-order valence-corrected chi connectivity index (χ4v) is 0. The molecule has 0 aliphatic carbocycles. The Morgan fingerprint density at radius 3 is 0.667 bits per heavy atom. The Hall–Kier alpha value is -0.0405. The van der Waals surface area contributed by atoms with Gasteiger partial charge in [-0.05, 0) is 0 Å². The number of quaternary nitrogens is 2. The van der Waals surface area contributed by atoms with Gasteiger partial charge in [-0.15, -0.1) is 0 Å². The van der Waals surface area contributed by atoms with Gasteiger partial charge in [0.25, 0.3) is 0 Å². The summed E-state index contributed by atoms with van der Waals surface area (Å²) >= 11 is -5.75. The third-order valence-electron chi connectivity index (χ3n) is 0. The molecule has 0 N–H and O–H groups in total. The minimum absolute atomic E-state index is 1.00. The monoisotopic (exact) mass is 292 g/mol. The summed E-state index contributed by atoms with van der Waals surface area (Å²) in [6, 6.07) is 0. The number of rotatable bonds is 0. The SMILES string of the molecule is C[N+](C)(C)C.C[N+](C)(C)C.O=[Se](=O)([O-])[O-]. The summed E-state index contributed by atoms with van der Waals surface area (Å²) in [6.45, 7) is 0. The summed E-state index contributed by atoms with van der Waals surface area (Å²) in [4.78, 5) is 0. The van der Waals surface area contributed by atoms with Crippen LogP contribution in [-0.4, -0.2) is 78.7 Å². The van der Waals surface area contributed by atoms with Crippen LogP contribution in [0, 0.1) is 0 Å². The molecule has 0 aliphatic heterocycles. The van der Waals surface area contributed by atoms with E-state index in [1.807, 2.05) is 0 Å². The summed E-state index contributed by atoms with van der Waals surface area (Å²) in [6.07, 6.45) is 0. The van der Waals surface area contributed by atoms with E-state index in [1.165, 1.54) is 0 Å². The maximum absolute atomic E-state index is 8.59. The van der Waals surface area contributed by atoms with Crippen LogP contribution in [0.5, 0.6) is 0 Å². The fraction of sp³-hybridized carbons (Fsp3) is 1.00. The van der Waals surface area contributed by atoms with Crippen molar-refractivity contribution in [1.82, 2.24) is 0 Å². The molecule has 15 heavy (non-hydrogen) atoms. The third-order valence-corrected chi connectivity index (χ3v) is 0. The minimum atomic E-state index is -5.75. The van der Waals surface area contributed by atoms with Crippen molar-refractivity contribution in [1.29, 1.82) is 0 Å². The summed E-state index contributed by atoms with van der Waals surface area (Å²) in [5.74, 6) is 0. The van der Waals surface area contributed by atoms with Gasteiger partial charge in [0.2, 0.25) is 0 Å². The van der Waals surface area contributed by atoms with E-state index in [0.29, 0.717) is 0 Å². The van der Waals surface area contributed by atoms with E-state index in [9.17, 15) is 0 Å². The van der Waals surface area contributed by atoms with E-state index in [2.05, 4.69) is 56.4 Å². The van der Waals surface area contributed by atoms with E-state index in [1.54, 1.807) is 0 Å². The van der Waals surface area contributed by atoms with Gasteiger partial charge in [0.1, 0.15) is 0 Å². The first-order valence-corrected chi connectivity index (χ1v) is 7.04. The Balaban J connectivity index is -0.000000144. The topological polar surface area (TPSA) is 80.3 Å². The first-order valence-electron chi connectivity index (χ1n) is 4.24. The Morgan fingerprint density at radius 2 is 0.667 bits per heavy atom. The van der Waals surface area contributed by atoms with Crippen molar-refractivity contribution in [2.75, 3.05) is 56.4 Å².